The first-order valence-electron chi connectivity index (χ1n) is 10.5. The van der Waals surface area contributed by atoms with Crippen molar-refractivity contribution < 1.29 is 0 Å². The molecule has 0 spiro atoms. The van der Waals surface area contributed by atoms with Gasteiger partial charge in [0.05, 0.1) is 34.6 Å². The molecule has 3 nitrogen and oxygen atoms in total. The van der Waals surface area contributed by atoms with Gasteiger partial charge in [-0.1, -0.05) is 78.9 Å². The van der Waals surface area contributed by atoms with Gasteiger partial charge >= 0.3 is 0 Å². The van der Waals surface area contributed by atoms with E-state index in [-0.39, 0.29) is 12.0 Å². The van der Waals surface area contributed by atoms with Crippen LogP contribution in [0, 0.1) is 11.3 Å². The molecular formula is C28H19N3. The summed E-state index contributed by atoms with van der Waals surface area (Å²) in [6, 6.07) is 37.8. The summed E-state index contributed by atoms with van der Waals surface area (Å²) in [5, 5.41) is 9.26. The fraction of sp³-hybridized carbons (Fsp3) is 0.0714. The summed E-state index contributed by atoms with van der Waals surface area (Å²) in [5.74, 6) is 1.12. The molecule has 5 aromatic rings. The maximum absolute atomic E-state index is 9.26. The Morgan fingerprint density at radius 2 is 1.35 bits per heavy atom. The molecule has 0 amide bonds. The van der Waals surface area contributed by atoms with Crippen molar-refractivity contribution >= 4 is 11.0 Å². The number of nitrogens with zero attached hydrogens (tertiary/aromatic N) is 3. The number of nitriles is 1. The quantitative estimate of drug-likeness (QED) is 0.357. The minimum atomic E-state index is 0.00584. The van der Waals surface area contributed by atoms with Gasteiger partial charge in [0.1, 0.15) is 5.82 Å². The van der Waals surface area contributed by atoms with Crippen LogP contribution < -0.4 is 0 Å². The highest BCUT2D eigenvalue weighted by Crippen LogP contribution is 2.46. The van der Waals surface area contributed by atoms with Crippen LogP contribution in [0.1, 0.15) is 45.6 Å². The van der Waals surface area contributed by atoms with E-state index in [1.165, 1.54) is 16.7 Å². The largest absolute Gasteiger partial charge is 0.315 e. The minimum Gasteiger partial charge on any atom is -0.315 e. The third kappa shape index (κ3) is 2.69. The van der Waals surface area contributed by atoms with Gasteiger partial charge in [-0.25, -0.2) is 4.98 Å². The Hall–Kier alpha value is -4.16. The number of hydrogen-bond donors (Lipinski definition) is 0. The first kappa shape index (κ1) is 17.7. The number of para-hydroxylation sites is 2. The summed E-state index contributed by atoms with van der Waals surface area (Å²) in [4.78, 5) is 5.13. The van der Waals surface area contributed by atoms with Crippen molar-refractivity contribution in [1.82, 2.24) is 9.55 Å². The van der Waals surface area contributed by atoms with Crippen LogP contribution in [-0.4, -0.2) is 9.55 Å². The number of hydrogen-bond acceptors (Lipinski definition) is 2. The van der Waals surface area contributed by atoms with E-state index in [1.807, 2.05) is 18.2 Å². The van der Waals surface area contributed by atoms with E-state index in [0.29, 0.717) is 5.56 Å². The van der Waals surface area contributed by atoms with Gasteiger partial charge < -0.3 is 4.57 Å². The summed E-state index contributed by atoms with van der Waals surface area (Å²) in [6.45, 7) is 0. The van der Waals surface area contributed by atoms with Crippen LogP contribution in [0.3, 0.4) is 0 Å². The molecule has 0 saturated heterocycles. The molecule has 1 aliphatic heterocycles. The van der Waals surface area contributed by atoms with Gasteiger partial charge in [0, 0.05) is 0 Å². The van der Waals surface area contributed by atoms with Crippen LogP contribution in [0.15, 0.2) is 103 Å². The Labute approximate surface area is 180 Å². The highest BCUT2D eigenvalue weighted by Gasteiger charge is 2.36. The molecule has 4 aromatic carbocycles. The fourth-order valence-electron chi connectivity index (χ4n) is 4.88. The molecule has 31 heavy (non-hydrogen) atoms. The van der Waals surface area contributed by atoms with Gasteiger partial charge in [-0.05, 0) is 46.5 Å². The molecule has 2 heterocycles. The third-order valence-corrected chi connectivity index (χ3v) is 6.23. The predicted octanol–water partition coefficient (Wildman–Crippen LogP) is 6.04. The zero-order valence-corrected chi connectivity index (χ0v) is 16.8. The van der Waals surface area contributed by atoms with Gasteiger partial charge in [0.2, 0.25) is 0 Å². The molecule has 2 atom stereocenters. The normalized spacial score (nSPS) is 17.0. The monoisotopic (exact) mass is 397 g/mol. The van der Waals surface area contributed by atoms with E-state index in [2.05, 4.69) is 95.6 Å². The van der Waals surface area contributed by atoms with Crippen LogP contribution >= 0.6 is 0 Å². The summed E-state index contributed by atoms with van der Waals surface area (Å²) >= 11 is 0. The summed E-state index contributed by atoms with van der Waals surface area (Å²) < 4.78 is 2.39. The molecule has 0 bridgehead atoms. The number of benzene rings is 4. The van der Waals surface area contributed by atoms with Gasteiger partial charge in [-0.15, -0.1) is 0 Å². The number of aromatic nitrogens is 2. The average molecular weight is 397 g/mol. The van der Waals surface area contributed by atoms with Gasteiger partial charge in [0.15, 0.2) is 0 Å². The van der Waals surface area contributed by atoms with E-state index in [9.17, 15) is 5.26 Å². The first-order valence-corrected chi connectivity index (χ1v) is 10.5. The molecule has 0 radical (unpaired) electrons. The van der Waals surface area contributed by atoms with Crippen LogP contribution in [0.25, 0.3) is 11.0 Å². The smallest absolute Gasteiger partial charge is 0.122 e. The third-order valence-electron chi connectivity index (χ3n) is 6.23. The number of fused-ring (bicyclic) bond motifs is 4. The molecule has 1 aliphatic rings. The van der Waals surface area contributed by atoms with Gasteiger partial charge in [0.25, 0.3) is 0 Å². The van der Waals surface area contributed by atoms with E-state index >= 15 is 0 Å². The summed E-state index contributed by atoms with van der Waals surface area (Å²) in [6.07, 6.45) is 0. The van der Waals surface area contributed by atoms with Gasteiger partial charge in [-0.2, -0.15) is 5.26 Å². The van der Waals surface area contributed by atoms with Crippen molar-refractivity contribution in [3.63, 3.8) is 0 Å². The second-order valence-electron chi connectivity index (χ2n) is 7.94. The Morgan fingerprint density at radius 1 is 0.677 bits per heavy atom. The number of imidazole rings is 1. The van der Waals surface area contributed by atoms with Crippen molar-refractivity contribution in [1.29, 1.82) is 5.26 Å². The molecule has 0 aliphatic carbocycles. The van der Waals surface area contributed by atoms with Crippen molar-refractivity contribution in [2.45, 2.75) is 12.0 Å². The van der Waals surface area contributed by atoms with Crippen LogP contribution in [0.5, 0.6) is 0 Å². The molecule has 146 valence electrons. The Kier molecular flexibility index (Phi) is 3.97. The second kappa shape index (κ2) is 6.97. The van der Waals surface area contributed by atoms with Crippen molar-refractivity contribution in [2.24, 2.45) is 0 Å². The van der Waals surface area contributed by atoms with Crippen molar-refractivity contribution in [3.05, 3.63) is 137 Å². The average Bonchev–Trinajstić information content (AvgIpc) is 3.22. The molecular weight excluding hydrogens is 378 g/mol. The second-order valence-corrected chi connectivity index (χ2v) is 7.94. The Bertz CT molecular complexity index is 1440. The topological polar surface area (TPSA) is 41.6 Å². The van der Waals surface area contributed by atoms with Crippen LogP contribution in [-0.2, 0) is 0 Å². The molecule has 3 heteroatoms. The van der Waals surface area contributed by atoms with E-state index in [4.69, 9.17) is 4.98 Å². The maximum atomic E-state index is 9.26. The molecule has 1 aromatic heterocycles. The van der Waals surface area contributed by atoms with E-state index in [0.717, 1.165) is 22.4 Å². The Balaban J connectivity index is 1.69. The lowest BCUT2D eigenvalue weighted by Crippen LogP contribution is -2.26. The zero-order valence-electron chi connectivity index (χ0n) is 16.8. The Morgan fingerprint density at radius 3 is 2.13 bits per heavy atom. The molecule has 2 unspecified atom stereocenters. The summed E-state index contributed by atoms with van der Waals surface area (Å²) in [5.41, 5.74) is 7.76. The lowest BCUT2D eigenvalue weighted by Gasteiger charge is -2.34. The van der Waals surface area contributed by atoms with Crippen molar-refractivity contribution in [3.8, 4) is 6.07 Å². The fourth-order valence-corrected chi connectivity index (χ4v) is 4.88. The molecule has 6 rings (SSSR count). The molecule has 0 N–H and O–H groups in total. The highest BCUT2D eigenvalue weighted by molar-refractivity contribution is 5.78. The van der Waals surface area contributed by atoms with Gasteiger partial charge in [-0.3, -0.25) is 0 Å². The van der Waals surface area contributed by atoms with Crippen molar-refractivity contribution in [2.75, 3.05) is 0 Å². The summed E-state index contributed by atoms with van der Waals surface area (Å²) in [7, 11) is 0. The van der Waals surface area contributed by atoms with Crippen LogP contribution in [0.2, 0.25) is 0 Å². The minimum absolute atomic E-state index is 0.00584. The van der Waals surface area contributed by atoms with E-state index < -0.39 is 0 Å². The zero-order chi connectivity index (χ0) is 20.8. The van der Waals surface area contributed by atoms with E-state index in [1.54, 1.807) is 0 Å². The lowest BCUT2D eigenvalue weighted by atomic mass is 9.80. The SMILES string of the molecule is N#Cc1ccc(C2c3ccccc3C(c3ccccc3)c3nc4ccccc4n32)cc1. The molecule has 0 saturated carbocycles. The molecule has 0 fully saturated rings. The maximum Gasteiger partial charge on any atom is 0.122 e. The number of rotatable bonds is 2. The predicted molar refractivity (Wildman–Crippen MR) is 122 cm³/mol. The van der Waals surface area contributed by atoms with Crippen LogP contribution in [0.4, 0.5) is 0 Å². The highest BCUT2D eigenvalue weighted by atomic mass is 15.1. The lowest BCUT2D eigenvalue weighted by molar-refractivity contribution is 0.600. The standard InChI is InChI=1S/C28H19N3/c29-18-19-14-16-21(17-15-19)27-23-11-5-4-10-22(23)26(20-8-2-1-3-9-20)28-30-24-12-6-7-13-25(24)31(27)28/h1-17,26-27H. The first-order chi connectivity index (χ1) is 15.3.